The molecule has 0 amide bonds. The molecule has 0 aliphatic carbocycles. The summed E-state index contributed by atoms with van der Waals surface area (Å²) < 4.78 is 42.7. The largest absolute Gasteiger partial charge is 0.496 e. The zero-order valence-electron chi connectivity index (χ0n) is 11.4. The molecular weight excluding hydrogens is 267 g/mol. The van der Waals surface area contributed by atoms with E-state index in [1.54, 1.807) is 7.11 Å². The number of halogens is 3. The first-order chi connectivity index (χ1) is 9.32. The molecule has 106 valence electrons. The normalized spacial score (nSPS) is 11.5. The molecule has 2 aromatic rings. The molecule has 0 atom stereocenters. The van der Waals surface area contributed by atoms with Gasteiger partial charge in [-0.15, -0.1) is 0 Å². The Kier molecular flexibility index (Phi) is 3.70. The number of ether oxygens (including phenoxy) is 1. The molecule has 0 unspecified atom stereocenters. The van der Waals surface area contributed by atoms with Crippen LogP contribution in [0.25, 0.3) is 11.3 Å². The molecule has 0 saturated carbocycles. The fraction of sp³-hybridized carbons (Fsp3) is 0.267. The van der Waals surface area contributed by atoms with Gasteiger partial charge in [0.25, 0.3) is 0 Å². The van der Waals surface area contributed by atoms with Crippen LogP contribution in [0.4, 0.5) is 13.2 Å². The number of aromatic nitrogens is 1. The minimum atomic E-state index is -4.36. The molecule has 2 nitrogen and oxygen atoms in total. The molecular formula is C15H14F3NO. The molecule has 1 heterocycles. The number of hydrogen-bond donors (Lipinski definition) is 0. The average Bonchev–Trinajstić information content (AvgIpc) is 2.37. The fourth-order valence-corrected chi connectivity index (χ4v) is 2.15. The van der Waals surface area contributed by atoms with Crippen molar-refractivity contribution in [3.05, 3.63) is 47.2 Å². The number of methoxy groups -OCH3 is 1. The summed E-state index contributed by atoms with van der Waals surface area (Å²) in [6, 6.07) is 6.11. The average molecular weight is 281 g/mol. The van der Waals surface area contributed by atoms with Crippen LogP contribution in [-0.4, -0.2) is 12.1 Å². The van der Waals surface area contributed by atoms with Gasteiger partial charge in [0.05, 0.1) is 18.4 Å². The molecule has 0 N–H and O–H groups in total. The summed E-state index contributed by atoms with van der Waals surface area (Å²) in [5.74, 6) is 0.778. The van der Waals surface area contributed by atoms with Gasteiger partial charge in [0, 0.05) is 11.8 Å². The van der Waals surface area contributed by atoms with Gasteiger partial charge in [0.15, 0.2) is 0 Å². The lowest BCUT2D eigenvalue weighted by atomic mass is 10.0. The predicted octanol–water partition coefficient (Wildman–Crippen LogP) is 4.39. The monoisotopic (exact) mass is 281 g/mol. The van der Waals surface area contributed by atoms with Crippen LogP contribution in [0.3, 0.4) is 0 Å². The first kappa shape index (κ1) is 14.4. The minimum Gasteiger partial charge on any atom is -0.496 e. The molecule has 0 bridgehead atoms. The molecule has 1 aromatic heterocycles. The molecule has 0 saturated heterocycles. The highest BCUT2D eigenvalue weighted by Crippen LogP contribution is 2.32. The summed E-state index contributed by atoms with van der Waals surface area (Å²) in [6.45, 7) is 3.78. The fourth-order valence-electron chi connectivity index (χ4n) is 2.15. The second-order valence-electron chi connectivity index (χ2n) is 4.57. The highest BCUT2D eigenvalue weighted by Gasteiger charge is 2.30. The zero-order valence-corrected chi connectivity index (χ0v) is 11.4. The van der Waals surface area contributed by atoms with E-state index >= 15 is 0 Å². The van der Waals surface area contributed by atoms with Crippen LogP contribution >= 0.6 is 0 Å². The molecule has 5 heteroatoms. The van der Waals surface area contributed by atoms with Crippen molar-refractivity contribution in [2.75, 3.05) is 7.11 Å². The smallest absolute Gasteiger partial charge is 0.417 e. The van der Waals surface area contributed by atoms with E-state index in [4.69, 9.17) is 4.74 Å². The van der Waals surface area contributed by atoms with Gasteiger partial charge >= 0.3 is 6.18 Å². The van der Waals surface area contributed by atoms with Crippen LogP contribution in [0, 0.1) is 13.8 Å². The van der Waals surface area contributed by atoms with E-state index in [1.165, 1.54) is 6.07 Å². The van der Waals surface area contributed by atoms with Gasteiger partial charge in [0.2, 0.25) is 0 Å². The number of pyridine rings is 1. The highest BCUT2D eigenvalue weighted by molar-refractivity contribution is 5.64. The van der Waals surface area contributed by atoms with Crippen molar-refractivity contribution >= 4 is 0 Å². The molecule has 0 aliphatic rings. The van der Waals surface area contributed by atoms with Gasteiger partial charge in [-0.1, -0.05) is 0 Å². The third kappa shape index (κ3) is 2.76. The van der Waals surface area contributed by atoms with Crippen molar-refractivity contribution in [1.82, 2.24) is 4.98 Å². The summed E-state index contributed by atoms with van der Waals surface area (Å²) in [4.78, 5) is 3.89. The number of rotatable bonds is 2. The summed E-state index contributed by atoms with van der Waals surface area (Å²) in [5, 5.41) is 0. The highest BCUT2D eigenvalue weighted by atomic mass is 19.4. The third-order valence-electron chi connectivity index (χ3n) is 3.05. The second kappa shape index (κ2) is 5.15. The molecule has 0 radical (unpaired) electrons. The summed E-state index contributed by atoms with van der Waals surface area (Å²) in [6.07, 6.45) is -3.51. The molecule has 20 heavy (non-hydrogen) atoms. The van der Waals surface area contributed by atoms with E-state index in [-0.39, 0.29) is 0 Å². The molecule has 0 spiro atoms. The maximum absolute atomic E-state index is 12.5. The van der Waals surface area contributed by atoms with Crippen LogP contribution in [0.1, 0.15) is 16.7 Å². The maximum atomic E-state index is 12.5. The number of aryl methyl sites for hydroxylation is 2. The van der Waals surface area contributed by atoms with Gasteiger partial charge < -0.3 is 4.74 Å². The lowest BCUT2D eigenvalue weighted by molar-refractivity contribution is -0.137. The van der Waals surface area contributed by atoms with Crippen molar-refractivity contribution in [2.24, 2.45) is 0 Å². The number of alkyl halides is 3. The molecule has 1 aromatic carbocycles. The van der Waals surface area contributed by atoms with Gasteiger partial charge in [0.1, 0.15) is 5.75 Å². The van der Waals surface area contributed by atoms with Gasteiger partial charge in [-0.3, -0.25) is 4.98 Å². The first-order valence-electron chi connectivity index (χ1n) is 6.02. The van der Waals surface area contributed by atoms with Crippen LogP contribution in [0.5, 0.6) is 5.75 Å². The first-order valence-corrected chi connectivity index (χ1v) is 6.02. The number of benzene rings is 1. The Labute approximate surface area is 115 Å². The Morgan fingerprint density at radius 1 is 1.05 bits per heavy atom. The standard InChI is InChI=1S/C15H14F3NO/c1-9-6-11(7-10(2)14(9)20-3)13-5-4-12(8-19-13)15(16,17)18/h4-8H,1-3H3. The van der Waals surface area contributed by atoms with E-state index in [1.807, 2.05) is 26.0 Å². The Morgan fingerprint density at radius 3 is 2.05 bits per heavy atom. The van der Waals surface area contributed by atoms with E-state index in [0.29, 0.717) is 5.69 Å². The molecule has 0 fully saturated rings. The second-order valence-corrected chi connectivity index (χ2v) is 4.57. The topological polar surface area (TPSA) is 22.1 Å². The summed E-state index contributed by atoms with van der Waals surface area (Å²) in [7, 11) is 1.59. The molecule has 2 rings (SSSR count). The lowest BCUT2D eigenvalue weighted by Gasteiger charge is -2.12. The summed E-state index contributed by atoms with van der Waals surface area (Å²) >= 11 is 0. The Hall–Kier alpha value is -2.04. The van der Waals surface area contributed by atoms with Crippen molar-refractivity contribution in [3.8, 4) is 17.0 Å². The van der Waals surface area contributed by atoms with Crippen LogP contribution < -0.4 is 4.74 Å². The van der Waals surface area contributed by atoms with Gasteiger partial charge in [-0.25, -0.2) is 0 Å². The zero-order chi connectivity index (χ0) is 14.9. The van der Waals surface area contributed by atoms with E-state index in [0.717, 1.165) is 34.7 Å². The van der Waals surface area contributed by atoms with Gasteiger partial charge in [-0.2, -0.15) is 13.2 Å². The van der Waals surface area contributed by atoms with Crippen LogP contribution in [0.15, 0.2) is 30.5 Å². The lowest BCUT2D eigenvalue weighted by Crippen LogP contribution is -2.05. The Bertz CT molecular complexity index is 595. The SMILES string of the molecule is COc1c(C)cc(-c2ccc(C(F)(F)F)cn2)cc1C. The van der Waals surface area contributed by atoms with E-state index in [9.17, 15) is 13.2 Å². The molecule has 0 aliphatic heterocycles. The Morgan fingerprint density at radius 2 is 1.65 bits per heavy atom. The van der Waals surface area contributed by atoms with E-state index < -0.39 is 11.7 Å². The van der Waals surface area contributed by atoms with Crippen molar-refractivity contribution in [2.45, 2.75) is 20.0 Å². The summed E-state index contributed by atoms with van der Waals surface area (Å²) in [5.41, 5.74) is 2.37. The minimum absolute atomic E-state index is 0.506. The number of nitrogens with zero attached hydrogens (tertiary/aromatic N) is 1. The van der Waals surface area contributed by atoms with Crippen LogP contribution in [0.2, 0.25) is 0 Å². The Balaban J connectivity index is 2.42. The van der Waals surface area contributed by atoms with Gasteiger partial charge in [-0.05, 0) is 49.2 Å². The van der Waals surface area contributed by atoms with Crippen LogP contribution in [-0.2, 0) is 6.18 Å². The van der Waals surface area contributed by atoms with E-state index in [2.05, 4.69) is 4.98 Å². The third-order valence-corrected chi connectivity index (χ3v) is 3.05. The maximum Gasteiger partial charge on any atom is 0.417 e. The predicted molar refractivity (Wildman–Crippen MR) is 70.7 cm³/mol. The van der Waals surface area contributed by atoms with Crippen molar-refractivity contribution in [3.63, 3.8) is 0 Å². The number of hydrogen-bond acceptors (Lipinski definition) is 2. The van der Waals surface area contributed by atoms with Crippen molar-refractivity contribution < 1.29 is 17.9 Å². The van der Waals surface area contributed by atoms with Crippen molar-refractivity contribution in [1.29, 1.82) is 0 Å². The quantitative estimate of drug-likeness (QED) is 0.814.